The number of methoxy groups -OCH3 is 2. The molecule has 0 atom stereocenters. The normalized spacial score (nSPS) is 11.2. The summed E-state index contributed by atoms with van der Waals surface area (Å²) in [5.41, 5.74) is 1.77. The highest BCUT2D eigenvalue weighted by Gasteiger charge is 2.14. The predicted octanol–water partition coefficient (Wildman–Crippen LogP) is 3.25. The van der Waals surface area contributed by atoms with Gasteiger partial charge in [0, 0.05) is 23.9 Å². The van der Waals surface area contributed by atoms with Crippen LogP contribution in [0.5, 0.6) is 11.5 Å². The number of hydrogen-bond acceptors (Lipinski definition) is 5. The molecule has 25 heavy (non-hydrogen) atoms. The van der Waals surface area contributed by atoms with Gasteiger partial charge in [-0.05, 0) is 12.1 Å². The number of anilines is 2. The Labute approximate surface area is 140 Å². The molecule has 0 fully saturated rings. The fourth-order valence-electron chi connectivity index (χ4n) is 2.57. The molecule has 0 aliphatic heterocycles. The second kappa shape index (κ2) is 5.62. The van der Waals surface area contributed by atoms with Crippen LogP contribution < -0.4 is 14.8 Å². The predicted molar refractivity (Wildman–Crippen MR) is 87.6 cm³/mol. The lowest BCUT2D eigenvalue weighted by Gasteiger charge is -2.06. The van der Waals surface area contributed by atoms with Crippen molar-refractivity contribution in [1.29, 1.82) is 0 Å². The quantitative estimate of drug-likeness (QED) is 0.594. The third-order valence-corrected chi connectivity index (χ3v) is 3.75. The average molecular weight is 345 g/mol. The van der Waals surface area contributed by atoms with Crippen molar-refractivity contribution in [2.24, 2.45) is 0 Å². The smallest absolute Gasteiger partial charge is 0.253 e. The minimum atomic E-state index is -0.941. The molecule has 2 aromatic carbocycles. The zero-order valence-corrected chi connectivity index (χ0v) is 13.3. The Hall–Kier alpha value is -3.36. The molecule has 0 amide bonds. The first-order valence-corrected chi connectivity index (χ1v) is 7.31. The summed E-state index contributed by atoms with van der Waals surface area (Å²) in [6.45, 7) is 0. The summed E-state index contributed by atoms with van der Waals surface area (Å²) in [4.78, 5) is 8.70. The van der Waals surface area contributed by atoms with Gasteiger partial charge in [-0.1, -0.05) is 0 Å². The number of hydrogen-bond donors (Lipinski definition) is 2. The third-order valence-electron chi connectivity index (χ3n) is 3.75. The standard InChI is InChI=1S/C16H13F2N5O2/c1-24-13-6-11-12(7-14(13)25-2)23-16(20-11)21-15(22-23)19-8-3-4-9(17)10(18)5-8/h3-7H,1-2H3,(H2,19,20,21,22). The van der Waals surface area contributed by atoms with Crippen molar-refractivity contribution in [1.82, 2.24) is 19.6 Å². The summed E-state index contributed by atoms with van der Waals surface area (Å²) < 4.78 is 38.5. The molecular weight excluding hydrogens is 332 g/mol. The van der Waals surface area contributed by atoms with E-state index >= 15 is 0 Å². The van der Waals surface area contributed by atoms with Crippen LogP contribution in [-0.2, 0) is 0 Å². The van der Waals surface area contributed by atoms with Gasteiger partial charge in [-0.2, -0.15) is 4.98 Å². The number of aromatic amines is 1. The minimum Gasteiger partial charge on any atom is -0.493 e. The lowest BCUT2D eigenvalue weighted by Crippen LogP contribution is -1.96. The second-order valence-electron chi connectivity index (χ2n) is 5.27. The molecule has 2 heterocycles. The average Bonchev–Trinajstić information content (AvgIpc) is 3.13. The van der Waals surface area contributed by atoms with Crippen molar-refractivity contribution in [2.75, 3.05) is 19.5 Å². The van der Waals surface area contributed by atoms with Crippen LogP contribution in [0, 0.1) is 11.6 Å². The third kappa shape index (κ3) is 2.49. The van der Waals surface area contributed by atoms with E-state index in [0.717, 1.165) is 17.6 Å². The van der Waals surface area contributed by atoms with E-state index in [-0.39, 0.29) is 0 Å². The van der Waals surface area contributed by atoms with E-state index in [0.29, 0.717) is 34.4 Å². The van der Waals surface area contributed by atoms with Crippen LogP contribution in [0.3, 0.4) is 0 Å². The van der Waals surface area contributed by atoms with Gasteiger partial charge in [0.2, 0.25) is 5.95 Å². The van der Waals surface area contributed by atoms with Crippen LogP contribution in [0.1, 0.15) is 0 Å². The Morgan fingerprint density at radius 2 is 1.76 bits per heavy atom. The highest BCUT2D eigenvalue weighted by Crippen LogP contribution is 2.32. The van der Waals surface area contributed by atoms with Crippen molar-refractivity contribution in [2.45, 2.75) is 0 Å². The van der Waals surface area contributed by atoms with Gasteiger partial charge in [0.05, 0.1) is 25.3 Å². The molecule has 0 spiro atoms. The van der Waals surface area contributed by atoms with Gasteiger partial charge >= 0.3 is 0 Å². The molecule has 4 aromatic rings. The SMILES string of the molecule is COc1cc2nc3nc(Nc4ccc(F)c(F)c4)[nH]n3c2cc1OC. The first-order chi connectivity index (χ1) is 12.1. The Morgan fingerprint density at radius 3 is 2.48 bits per heavy atom. The Kier molecular flexibility index (Phi) is 3.41. The highest BCUT2D eigenvalue weighted by molar-refractivity contribution is 5.83. The van der Waals surface area contributed by atoms with Crippen LogP contribution in [0.2, 0.25) is 0 Å². The number of benzene rings is 2. The van der Waals surface area contributed by atoms with Crippen LogP contribution in [-0.4, -0.2) is 33.8 Å². The van der Waals surface area contributed by atoms with E-state index in [9.17, 15) is 8.78 Å². The highest BCUT2D eigenvalue weighted by atomic mass is 19.2. The molecule has 9 heteroatoms. The van der Waals surface area contributed by atoms with E-state index in [4.69, 9.17) is 9.47 Å². The molecule has 2 aromatic heterocycles. The van der Waals surface area contributed by atoms with Crippen LogP contribution in [0.4, 0.5) is 20.4 Å². The number of rotatable bonds is 4. The monoisotopic (exact) mass is 345 g/mol. The van der Waals surface area contributed by atoms with Crippen molar-refractivity contribution in [3.63, 3.8) is 0 Å². The van der Waals surface area contributed by atoms with E-state index in [1.54, 1.807) is 30.9 Å². The summed E-state index contributed by atoms with van der Waals surface area (Å²) in [6, 6.07) is 7.02. The second-order valence-corrected chi connectivity index (χ2v) is 5.27. The molecule has 2 N–H and O–H groups in total. The van der Waals surface area contributed by atoms with E-state index < -0.39 is 11.6 Å². The molecule has 0 aliphatic carbocycles. The number of fused-ring (bicyclic) bond motifs is 3. The van der Waals surface area contributed by atoms with Crippen LogP contribution in [0.15, 0.2) is 30.3 Å². The van der Waals surface area contributed by atoms with Gasteiger partial charge in [0.15, 0.2) is 23.1 Å². The van der Waals surface area contributed by atoms with Crippen LogP contribution >= 0.6 is 0 Å². The summed E-state index contributed by atoms with van der Waals surface area (Å²) in [7, 11) is 3.10. The molecule has 0 saturated carbocycles. The number of nitrogens with zero attached hydrogens (tertiary/aromatic N) is 3. The first kappa shape index (κ1) is 15.2. The van der Waals surface area contributed by atoms with Gasteiger partial charge in [-0.25, -0.2) is 18.3 Å². The fourth-order valence-corrected chi connectivity index (χ4v) is 2.57. The van der Waals surface area contributed by atoms with Gasteiger partial charge < -0.3 is 14.8 Å². The van der Waals surface area contributed by atoms with E-state index in [2.05, 4.69) is 20.4 Å². The van der Waals surface area contributed by atoms with Gasteiger partial charge in [0.1, 0.15) is 0 Å². The van der Waals surface area contributed by atoms with Crippen molar-refractivity contribution in [3.05, 3.63) is 42.0 Å². The number of aromatic nitrogens is 4. The van der Waals surface area contributed by atoms with E-state index in [1.165, 1.54) is 6.07 Å². The zero-order chi connectivity index (χ0) is 17.6. The lowest BCUT2D eigenvalue weighted by molar-refractivity contribution is 0.355. The minimum absolute atomic E-state index is 0.338. The van der Waals surface area contributed by atoms with Crippen molar-refractivity contribution >= 4 is 28.4 Å². The Bertz CT molecular complexity index is 1090. The number of halogens is 2. The Balaban J connectivity index is 1.76. The maximum Gasteiger partial charge on any atom is 0.253 e. The summed E-state index contributed by atoms with van der Waals surface area (Å²) >= 11 is 0. The molecule has 0 saturated heterocycles. The topological polar surface area (TPSA) is 76.5 Å². The number of ether oxygens (including phenoxy) is 2. The van der Waals surface area contributed by atoms with E-state index in [1.807, 2.05) is 0 Å². The number of nitrogens with one attached hydrogen (secondary N) is 2. The maximum absolute atomic E-state index is 13.3. The summed E-state index contributed by atoms with van der Waals surface area (Å²) in [5.74, 6) is 0.0217. The lowest BCUT2D eigenvalue weighted by atomic mass is 10.3. The number of imidazole rings is 1. The molecule has 128 valence electrons. The number of H-pyrrole nitrogens is 1. The molecule has 7 nitrogen and oxygen atoms in total. The Morgan fingerprint density at radius 1 is 1.00 bits per heavy atom. The fraction of sp³-hybridized carbons (Fsp3) is 0.125. The molecule has 0 aliphatic rings. The van der Waals surface area contributed by atoms with Gasteiger partial charge in [-0.3, -0.25) is 5.10 Å². The summed E-state index contributed by atoms with van der Waals surface area (Å²) in [5, 5.41) is 5.88. The molecule has 0 unspecified atom stereocenters. The molecule has 4 rings (SSSR count). The largest absolute Gasteiger partial charge is 0.493 e. The first-order valence-electron chi connectivity index (χ1n) is 7.31. The van der Waals surface area contributed by atoms with Gasteiger partial charge in [0.25, 0.3) is 5.78 Å². The van der Waals surface area contributed by atoms with Crippen LogP contribution in [0.25, 0.3) is 16.8 Å². The van der Waals surface area contributed by atoms with Gasteiger partial charge in [-0.15, -0.1) is 0 Å². The van der Waals surface area contributed by atoms with Crippen molar-refractivity contribution in [3.8, 4) is 11.5 Å². The van der Waals surface area contributed by atoms with Crippen molar-refractivity contribution < 1.29 is 18.3 Å². The molecule has 0 radical (unpaired) electrons. The molecular formula is C16H13F2N5O2. The molecule has 0 bridgehead atoms. The summed E-state index contributed by atoms with van der Waals surface area (Å²) in [6.07, 6.45) is 0. The maximum atomic E-state index is 13.3. The zero-order valence-electron chi connectivity index (χ0n) is 13.3.